The van der Waals surface area contributed by atoms with Crippen LogP contribution in [0.15, 0.2) is 24.3 Å². The van der Waals surface area contributed by atoms with Crippen LogP contribution < -0.4 is 5.32 Å². The Labute approximate surface area is 121 Å². The van der Waals surface area contributed by atoms with Crippen LogP contribution in [0, 0.1) is 0 Å². The van der Waals surface area contributed by atoms with Gasteiger partial charge in [-0.1, -0.05) is 43.5 Å². The van der Waals surface area contributed by atoms with Crippen molar-refractivity contribution >= 4 is 11.8 Å². The van der Waals surface area contributed by atoms with Gasteiger partial charge in [-0.15, -0.1) is 0 Å². The Morgan fingerprint density at radius 3 is 2.32 bits per heavy atom. The van der Waals surface area contributed by atoms with Crippen molar-refractivity contribution in [3.63, 3.8) is 0 Å². The van der Waals surface area contributed by atoms with Crippen molar-refractivity contribution in [2.75, 3.05) is 12.8 Å². The fraction of sp³-hybridized carbons (Fsp3) is 0.625. The quantitative estimate of drug-likeness (QED) is 0.838. The molecule has 3 heteroatoms. The van der Waals surface area contributed by atoms with Gasteiger partial charge >= 0.3 is 0 Å². The van der Waals surface area contributed by atoms with Crippen molar-refractivity contribution in [3.05, 3.63) is 35.4 Å². The molecule has 1 aliphatic carbocycles. The molecule has 0 atom stereocenters. The van der Waals surface area contributed by atoms with E-state index in [2.05, 4.69) is 23.7 Å². The maximum absolute atomic E-state index is 9.02. The molecule has 2 rings (SSSR count). The van der Waals surface area contributed by atoms with Gasteiger partial charge in [0.05, 0.1) is 6.61 Å². The van der Waals surface area contributed by atoms with E-state index in [1.54, 1.807) is 0 Å². The summed E-state index contributed by atoms with van der Waals surface area (Å²) in [5, 5.41) is 12.6. The van der Waals surface area contributed by atoms with E-state index < -0.39 is 0 Å². The molecule has 2 N–H and O–H groups in total. The van der Waals surface area contributed by atoms with E-state index in [0.29, 0.717) is 4.75 Å². The zero-order valence-corrected chi connectivity index (χ0v) is 12.6. The predicted molar refractivity (Wildman–Crippen MR) is 83.4 cm³/mol. The Morgan fingerprint density at radius 1 is 1.11 bits per heavy atom. The second kappa shape index (κ2) is 7.32. The normalized spacial score (nSPS) is 18.4. The van der Waals surface area contributed by atoms with Gasteiger partial charge in [-0.2, -0.15) is 11.8 Å². The summed E-state index contributed by atoms with van der Waals surface area (Å²) in [7, 11) is 0. The van der Waals surface area contributed by atoms with Gasteiger partial charge in [0.15, 0.2) is 0 Å². The van der Waals surface area contributed by atoms with Crippen LogP contribution in [0.25, 0.3) is 0 Å². The van der Waals surface area contributed by atoms with Crippen LogP contribution in [0.3, 0.4) is 0 Å². The molecule has 1 saturated carbocycles. The molecule has 0 unspecified atom stereocenters. The number of nitrogens with one attached hydrogen (secondary N) is 1. The van der Waals surface area contributed by atoms with Crippen LogP contribution in [0.1, 0.15) is 43.2 Å². The highest BCUT2D eigenvalue weighted by Crippen LogP contribution is 2.37. The minimum atomic E-state index is 0.128. The Morgan fingerprint density at radius 2 is 1.74 bits per heavy atom. The molecule has 0 saturated heterocycles. The molecule has 0 spiro atoms. The number of aliphatic hydroxyl groups is 1. The topological polar surface area (TPSA) is 32.3 Å². The number of aliphatic hydroxyl groups excluding tert-OH is 1. The Kier molecular flexibility index (Phi) is 5.74. The molecule has 106 valence electrons. The SMILES string of the molecule is CSC1(CNCc2ccc(CO)cc2)CCCCC1. The average Bonchev–Trinajstić information content (AvgIpc) is 2.49. The third-order valence-electron chi connectivity index (χ3n) is 4.18. The van der Waals surface area contributed by atoms with Crippen LogP contribution >= 0.6 is 11.8 Å². The van der Waals surface area contributed by atoms with E-state index in [0.717, 1.165) is 18.7 Å². The zero-order valence-electron chi connectivity index (χ0n) is 11.8. The highest BCUT2D eigenvalue weighted by molar-refractivity contribution is 8.00. The van der Waals surface area contributed by atoms with E-state index in [-0.39, 0.29) is 6.61 Å². The van der Waals surface area contributed by atoms with Gasteiger partial charge in [0.25, 0.3) is 0 Å². The molecular weight excluding hydrogens is 254 g/mol. The molecule has 0 heterocycles. The maximum atomic E-state index is 9.02. The van der Waals surface area contributed by atoms with E-state index in [1.165, 1.54) is 37.7 Å². The van der Waals surface area contributed by atoms with Crippen LogP contribution in [0.5, 0.6) is 0 Å². The molecule has 0 radical (unpaired) electrons. The molecule has 19 heavy (non-hydrogen) atoms. The van der Waals surface area contributed by atoms with Gasteiger partial charge in [-0.25, -0.2) is 0 Å². The first kappa shape index (κ1) is 14.9. The summed E-state index contributed by atoms with van der Waals surface area (Å²) in [6.07, 6.45) is 9.13. The maximum Gasteiger partial charge on any atom is 0.0681 e. The lowest BCUT2D eigenvalue weighted by Gasteiger charge is -2.36. The van der Waals surface area contributed by atoms with E-state index in [1.807, 2.05) is 23.9 Å². The Balaban J connectivity index is 1.81. The molecule has 2 nitrogen and oxygen atoms in total. The zero-order chi connectivity index (χ0) is 13.6. The first-order valence-electron chi connectivity index (χ1n) is 7.22. The van der Waals surface area contributed by atoms with Gasteiger partial charge in [0.2, 0.25) is 0 Å². The highest BCUT2D eigenvalue weighted by Gasteiger charge is 2.30. The first-order valence-corrected chi connectivity index (χ1v) is 8.45. The minimum absolute atomic E-state index is 0.128. The molecule has 1 aromatic rings. The second-order valence-corrected chi connectivity index (χ2v) is 6.80. The van der Waals surface area contributed by atoms with Crippen molar-refractivity contribution in [3.8, 4) is 0 Å². The largest absolute Gasteiger partial charge is 0.392 e. The van der Waals surface area contributed by atoms with Crippen molar-refractivity contribution in [2.45, 2.75) is 50.0 Å². The Bertz CT molecular complexity index is 371. The van der Waals surface area contributed by atoms with Crippen molar-refractivity contribution in [1.29, 1.82) is 0 Å². The Hall–Kier alpha value is -0.510. The number of thioether (sulfide) groups is 1. The lowest BCUT2D eigenvalue weighted by atomic mass is 9.88. The third kappa shape index (κ3) is 4.23. The molecule has 1 aliphatic rings. The van der Waals surface area contributed by atoms with Gasteiger partial charge in [0, 0.05) is 17.8 Å². The van der Waals surface area contributed by atoms with Crippen molar-refractivity contribution in [1.82, 2.24) is 5.32 Å². The minimum Gasteiger partial charge on any atom is -0.392 e. The van der Waals surface area contributed by atoms with Crippen LogP contribution in [-0.2, 0) is 13.2 Å². The summed E-state index contributed by atoms with van der Waals surface area (Å²) >= 11 is 2.04. The molecular formula is C16H25NOS. The van der Waals surface area contributed by atoms with Crippen LogP contribution in [0.2, 0.25) is 0 Å². The lowest BCUT2D eigenvalue weighted by Crippen LogP contribution is -2.39. The summed E-state index contributed by atoms with van der Waals surface area (Å²) in [5.41, 5.74) is 2.28. The highest BCUT2D eigenvalue weighted by atomic mass is 32.2. The van der Waals surface area contributed by atoms with Crippen LogP contribution in [0.4, 0.5) is 0 Å². The fourth-order valence-corrected chi connectivity index (χ4v) is 3.79. The van der Waals surface area contributed by atoms with Crippen LogP contribution in [-0.4, -0.2) is 22.7 Å². The monoisotopic (exact) mass is 279 g/mol. The van der Waals surface area contributed by atoms with Gasteiger partial charge < -0.3 is 10.4 Å². The number of hydrogen-bond acceptors (Lipinski definition) is 3. The third-order valence-corrected chi connectivity index (χ3v) is 5.60. The van der Waals surface area contributed by atoms with E-state index in [4.69, 9.17) is 5.11 Å². The number of benzene rings is 1. The summed E-state index contributed by atoms with van der Waals surface area (Å²) in [6, 6.07) is 8.21. The second-order valence-electron chi connectivity index (χ2n) is 5.53. The average molecular weight is 279 g/mol. The van der Waals surface area contributed by atoms with Gasteiger partial charge in [0.1, 0.15) is 0 Å². The van der Waals surface area contributed by atoms with E-state index >= 15 is 0 Å². The number of rotatable bonds is 6. The first-order chi connectivity index (χ1) is 9.28. The fourth-order valence-electron chi connectivity index (χ4n) is 2.85. The van der Waals surface area contributed by atoms with E-state index in [9.17, 15) is 0 Å². The summed E-state index contributed by atoms with van der Waals surface area (Å²) in [4.78, 5) is 0. The number of hydrogen-bond donors (Lipinski definition) is 2. The van der Waals surface area contributed by atoms with Crippen molar-refractivity contribution in [2.24, 2.45) is 0 Å². The summed E-state index contributed by atoms with van der Waals surface area (Å²) < 4.78 is 0.462. The van der Waals surface area contributed by atoms with Gasteiger partial charge in [-0.05, 0) is 30.2 Å². The van der Waals surface area contributed by atoms with Gasteiger partial charge in [-0.3, -0.25) is 0 Å². The van der Waals surface area contributed by atoms with Crippen molar-refractivity contribution < 1.29 is 5.11 Å². The molecule has 1 aromatic carbocycles. The summed E-state index contributed by atoms with van der Waals surface area (Å²) in [5.74, 6) is 0. The standard InChI is InChI=1S/C16H25NOS/c1-19-16(9-3-2-4-10-16)13-17-11-14-5-7-15(12-18)8-6-14/h5-8,17-18H,2-4,9-13H2,1H3. The summed E-state index contributed by atoms with van der Waals surface area (Å²) in [6.45, 7) is 2.16. The molecule has 1 fully saturated rings. The lowest BCUT2D eigenvalue weighted by molar-refractivity contribution is 0.282. The molecule has 0 aromatic heterocycles. The smallest absolute Gasteiger partial charge is 0.0681 e. The predicted octanol–water partition coefficient (Wildman–Crippen LogP) is 3.33. The molecule has 0 amide bonds. The molecule has 0 aliphatic heterocycles. The molecule has 0 bridgehead atoms.